The molecule has 0 bridgehead atoms. The van der Waals surface area contributed by atoms with Crippen LogP contribution in [0, 0.1) is 11.8 Å². The van der Waals surface area contributed by atoms with Crippen LogP contribution in [-0.4, -0.2) is 50.2 Å². The number of nitrogens with zero attached hydrogens (tertiary/aromatic N) is 5. The Balaban J connectivity index is 1.44. The number of amides is 1. The molecule has 1 saturated heterocycles. The first-order chi connectivity index (χ1) is 14.0. The highest BCUT2D eigenvalue weighted by Crippen LogP contribution is 2.24. The quantitative estimate of drug-likeness (QED) is 0.721. The zero-order valence-electron chi connectivity index (χ0n) is 17.3. The van der Waals surface area contributed by atoms with Crippen molar-refractivity contribution in [2.45, 2.75) is 26.7 Å². The van der Waals surface area contributed by atoms with E-state index in [9.17, 15) is 4.79 Å². The Morgan fingerprint density at radius 2 is 1.90 bits per heavy atom. The van der Waals surface area contributed by atoms with E-state index < -0.39 is 0 Å². The van der Waals surface area contributed by atoms with Gasteiger partial charge in [-0.15, -0.1) is 0 Å². The molecule has 0 aliphatic carbocycles. The van der Waals surface area contributed by atoms with Crippen LogP contribution in [0.15, 0.2) is 36.9 Å². The van der Waals surface area contributed by atoms with Crippen molar-refractivity contribution in [3.05, 3.63) is 36.9 Å². The number of piperidine rings is 1. The van der Waals surface area contributed by atoms with Gasteiger partial charge in [0.15, 0.2) is 0 Å². The number of aryl methyl sites for hydroxylation is 1. The SMILES string of the molecule is CC(C)CN1CCC(C(=O)Nc2cc3cc(-c4cnn(C)c4)ncc3cn2)CC1. The third kappa shape index (κ3) is 4.62. The number of nitrogens with one attached hydrogen (secondary N) is 1. The van der Waals surface area contributed by atoms with E-state index in [0.29, 0.717) is 11.7 Å². The van der Waals surface area contributed by atoms with Crippen molar-refractivity contribution in [3.63, 3.8) is 0 Å². The molecule has 4 heterocycles. The highest BCUT2D eigenvalue weighted by Gasteiger charge is 2.25. The molecule has 7 nitrogen and oxygen atoms in total. The molecule has 0 atom stereocenters. The molecule has 1 fully saturated rings. The fourth-order valence-electron chi connectivity index (χ4n) is 3.94. The number of carbonyl (C=O) groups excluding carboxylic acids is 1. The molecular formula is C22H28N6O. The molecule has 0 aromatic carbocycles. The summed E-state index contributed by atoms with van der Waals surface area (Å²) in [6.07, 6.45) is 9.10. The number of hydrogen-bond donors (Lipinski definition) is 1. The number of likely N-dealkylation sites (tertiary alicyclic amines) is 1. The predicted molar refractivity (Wildman–Crippen MR) is 114 cm³/mol. The summed E-state index contributed by atoms with van der Waals surface area (Å²) in [4.78, 5) is 24.1. The van der Waals surface area contributed by atoms with E-state index in [4.69, 9.17) is 0 Å². The summed E-state index contributed by atoms with van der Waals surface area (Å²) >= 11 is 0. The van der Waals surface area contributed by atoms with Gasteiger partial charge < -0.3 is 10.2 Å². The van der Waals surface area contributed by atoms with Gasteiger partial charge in [0.2, 0.25) is 5.91 Å². The molecule has 152 valence electrons. The third-order valence-electron chi connectivity index (χ3n) is 5.44. The molecule has 0 unspecified atom stereocenters. The van der Waals surface area contributed by atoms with Gasteiger partial charge in [-0.1, -0.05) is 13.8 Å². The minimum absolute atomic E-state index is 0.0549. The summed E-state index contributed by atoms with van der Waals surface area (Å²) in [5, 5.41) is 9.16. The molecule has 1 aliphatic rings. The normalized spacial score (nSPS) is 15.9. The number of fused-ring (bicyclic) bond motifs is 1. The molecule has 3 aromatic heterocycles. The molecule has 1 N–H and O–H groups in total. The van der Waals surface area contributed by atoms with Crippen LogP contribution in [0.5, 0.6) is 0 Å². The van der Waals surface area contributed by atoms with E-state index in [1.54, 1.807) is 23.3 Å². The van der Waals surface area contributed by atoms with Crippen molar-refractivity contribution in [1.29, 1.82) is 0 Å². The second-order valence-electron chi connectivity index (χ2n) is 8.35. The van der Waals surface area contributed by atoms with Crippen LogP contribution in [0.2, 0.25) is 0 Å². The first kappa shape index (κ1) is 19.5. The van der Waals surface area contributed by atoms with Gasteiger partial charge in [0, 0.05) is 49.1 Å². The van der Waals surface area contributed by atoms with Crippen molar-refractivity contribution >= 4 is 22.5 Å². The summed E-state index contributed by atoms with van der Waals surface area (Å²) in [5.41, 5.74) is 1.82. The number of aromatic nitrogens is 4. The molecular weight excluding hydrogens is 364 g/mol. The largest absolute Gasteiger partial charge is 0.310 e. The Morgan fingerprint density at radius 3 is 2.59 bits per heavy atom. The minimum Gasteiger partial charge on any atom is -0.310 e. The number of anilines is 1. The Hall–Kier alpha value is -2.80. The van der Waals surface area contributed by atoms with Gasteiger partial charge in [-0.05, 0) is 49.4 Å². The van der Waals surface area contributed by atoms with E-state index in [-0.39, 0.29) is 11.8 Å². The second kappa shape index (κ2) is 8.29. The van der Waals surface area contributed by atoms with E-state index in [1.165, 1.54) is 0 Å². The molecule has 0 radical (unpaired) electrons. The van der Waals surface area contributed by atoms with Crippen LogP contribution in [0.25, 0.3) is 22.0 Å². The van der Waals surface area contributed by atoms with Gasteiger partial charge in [-0.3, -0.25) is 14.5 Å². The van der Waals surface area contributed by atoms with Crippen LogP contribution in [0.4, 0.5) is 5.82 Å². The first-order valence-corrected chi connectivity index (χ1v) is 10.3. The maximum atomic E-state index is 12.7. The zero-order chi connectivity index (χ0) is 20.4. The lowest BCUT2D eigenvalue weighted by Crippen LogP contribution is -2.39. The van der Waals surface area contributed by atoms with Crippen LogP contribution >= 0.6 is 0 Å². The van der Waals surface area contributed by atoms with Crippen LogP contribution in [-0.2, 0) is 11.8 Å². The number of rotatable bonds is 5. The third-order valence-corrected chi connectivity index (χ3v) is 5.44. The summed E-state index contributed by atoms with van der Waals surface area (Å²) in [5.74, 6) is 1.38. The highest BCUT2D eigenvalue weighted by molar-refractivity contribution is 5.94. The molecule has 0 spiro atoms. The van der Waals surface area contributed by atoms with Crippen molar-refractivity contribution < 1.29 is 4.79 Å². The molecule has 4 rings (SSSR count). The van der Waals surface area contributed by atoms with Crippen molar-refractivity contribution in [1.82, 2.24) is 24.6 Å². The molecule has 1 aliphatic heterocycles. The van der Waals surface area contributed by atoms with Gasteiger partial charge in [0.25, 0.3) is 0 Å². The maximum Gasteiger partial charge on any atom is 0.228 e. The highest BCUT2D eigenvalue weighted by atomic mass is 16.1. The van der Waals surface area contributed by atoms with Gasteiger partial charge in [-0.2, -0.15) is 5.10 Å². The van der Waals surface area contributed by atoms with E-state index >= 15 is 0 Å². The topological polar surface area (TPSA) is 75.9 Å². The van der Waals surface area contributed by atoms with Crippen molar-refractivity contribution in [2.75, 3.05) is 25.0 Å². The van der Waals surface area contributed by atoms with Crippen molar-refractivity contribution in [3.8, 4) is 11.3 Å². The Kier molecular flexibility index (Phi) is 5.58. The standard InChI is InChI=1S/C22H28N6O/c1-15(2)13-28-6-4-16(5-7-28)22(29)26-21-9-17-8-20(19-12-25-27(3)14-19)23-10-18(17)11-24-21/h8-12,14-16H,4-7,13H2,1-3H3,(H,24,26,29). The molecule has 3 aromatic rings. The van der Waals surface area contributed by atoms with Crippen LogP contribution in [0.3, 0.4) is 0 Å². The summed E-state index contributed by atoms with van der Waals surface area (Å²) < 4.78 is 1.76. The lowest BCUT2D eigenvalue weighted by molar-refractivity contribution is -0.121. The Labute approximate surface area is 171 Å². The molecule has 7 heteroatoms. The van der Waals surface area contributed by atoms with Crippen molar-refractivity contribution in [2.24, 2.45) is 18.9 Å². The smallest absolute Gasteiger partial charge is 0.228 e. The number of hydrogen-bond acceptors (Lipinski definition) is 5. The predicted octanol–water partition coefficient (Wildman–Crippen LogP) is 3.34. The fourth-order valence-corrected chi connectivity index (χ4v) is 3.94. The van der Waals surface area contributed by atoms with Gasteiger partial charge in [0.05, 0.1) is 11.9 Å². The summed E-state index contributed by atoms with van der Waals surface area (Å²) in [6.45, 7) is 7.55. The van der Waals surface area contributed by atoms with Gasteiger partial charge >= 0.3 is 0 Å². The van der Waals surface area contributed by atoms with E-state index in [1.807, 2.05) is 25.4 Å². The van der Waals surface area contributed by atoms with Crippen LogP contribution in [0.1, 0.15) is 26.7 Å². The van der Waals surface area contributed by atoms with E-state index in [0.717, 1.165) is 54.5 Å². The number of pyridine rings is 2. The second-order valence-corrected chi connectivity index (χ2v) is 8.35. The summed E-state index contributed by atoms with van der Waals surface area (Å²) in [6, 6.07) is 3.93. The molecule has 1 amide bonds. The maximum absolute atomic E-state index is 12.7. The minimum atomic E-state index is 0.0549. The van der Waals surface area contributed by atoms with E-state index in [2.05, 4.69) is 39.1 Å². The average molecular weight is 393 g/mol. The number of carbonyl (C=O) groups is 1. The molecule has 29 heavy (non-hydrogen) atoms. The van der Waals surface area contributed by atoms with Gasteiger partial charge in [0.1, 0.15) is 5.82 Å². The first-order valence-electron chi connectivity index (χ1n) is 10.3. The Morgan fingerprint density at radius 1 is 1.14 bits per heavy atom. The monoisotopic (exact) mass is 392 g/mol. The van der Waals surface area contributed by atoms with Gasteiger partial charge in [-0.25, -0.2) is 4.98 Å². The van der Waals surface area contributed by atoms with Crippen LogP contribution < -0.4 is 5.32 Å². The average Bonchev–Trinajstić information content (AvgIpc) is 3.14. The summed E-state index contributed by atoms with van der Waals surface area (Å²) in [7, 11) is 1.88. The lowest BCUT2D eigenvalue weighted by Gasteiger charge is -2.32. The Bertz CT molecular complexity index is 1000. The zero-order valence-corrected chi connectivity index (χ0v) is 17.3. The lowest BCUT2D eigenvalue weighted by atomic mass is 9.95. The molecule has 0 saturated carbocycles. The fraction of sp³-hybridized carbons (Fsp3) is 0.455.